The SMILES string of the molecule is O=C(O)c1ccc(CC(=O)N2CCC(C(=O)NCc3ccc(F)cc3)CC2)cc1. The van der Waals surface area contributed by atoms with E-state index in [0.29, 0.717) is 32.5 Å². The first-order chi connectivity index (χ1) is 13.9. The highest BCUT2D eigenvalue weighted by Crippen LogP contribution is 2.19. The number of nitrogens with zero attached hydrogens (tertiary/aromatic N) is 1. The van der Waals surface area contributed by atoms with E-state index in [9.17, 15) is 18.8 Å². The Morgan fingerprint density at radius 2 is 1.55 bits per heavy atom. The van der Waals surface area contributed by atoms with Crippen LogP contribution in [0, 0.1) is 11.7 Å². The average Bonchev–Trinajstić information content (AvgIpc) is 2.73. The maximum absolute atomic E-state index is 12.9. The van der Waals surface area contributed by atoms with E-state index < -0.39 is 5.97 Å². The number of aromatic carboxylic acids is 1. The minimum absolute atomic E-state index is 0.0294. The van der Waals surface area contributed by atoms with E-state index in [0.717, 1.165) is 11.1 Å². The molecule has 2 aromatic rings. The molecule has 1 aliphatic rings. The van der Waals surface area contributed by atoms with Gasteiger partial charge >= 0.3 is 5.97 Å². The van der Waals surface area contributed by atoms with Gasteiger partial charge in [-0.05, 0) is 48.2 Å². The third-order valence-electron chi connectivity index (χ3n) is 5.15. The van der Waals surface area contributed by atoms with Crippen LogP contribution in [-0.2, 0) is 22.6 Å². The number of carbonyl (C=O) groups excluding carboxylic acids is 2. The molecule has 2 amide bonds. The van der Waals surface area contributed by atoms with Crippen molar-refractivity contribution in [1.29, 1.82) is 0 Å². The molecular formula is C22H23FN2O4. The van der Waals surface area contributed by atoms with Crippen LogP contribution in [0.4, 0.5) is 4.39 Å². The summed E-state index contributed by atoms with van der Waals surface area (Å²) < 4.78 is 12.9. The number of hydrogen-bond donors (Lipinski definition) is 2. The van der Waals surface area contributed by atoms with E-state index >= 15 is 0 Å². The number of carbonyl (C=O) groups is 3. The number of piperidine rings is 1. The minimum atomic E-state index is -0.998. The second-order valence-corrected chi connectivity index (χ2v) is 7.18. The quantitative estimate of drug-likeness (QED) is 0.783. The molecule has 1 aliphatic heterocycles. The van der Waals surface area contributed by atoms with Gasteiger partial charge in [0.15, 0.2) is 0 Å². The van der Waals surface area contributed by atoms with E-state index in [1.54, 1.807) is 29.2 Å². The molecule has 0 radical (unpaired) electrons. The molecule has 6 nitrogen and oxygen atoms in total. The van der Waals surface area contributed by atoms with E-state index in [2.05, 4.69) is 5.32 Å². The van der Waals surface area contributed by atoms with Gasteiger partial charge in [0.2, 0.25) is 11.8 Å². The molecule has 0 atom stereocenters. The Bertz CT molecular complexity index is 873. The predicted molar refractivity (Wildman–Crippen MR) is 105 cm³/mol. The monoisotopic (exact) mass is 398 g/mol. The number of rotatable bonds is 6. The summed E-state index contributed by atoms with van der Waals surface area (Å²) in [6.07, 6.45) is 1.40. The van der Waals surface area contributed by atoms with E-state index in [1.165, 1.54) is 24.3 Å². The van der Waals surface area contributed by atoms with Crippen LogP contribution in [0.25, 0.3) is 0 Å². The smallest absolute Gasteiger partial charge is 0.335 e. The predicted octanol–water partition coefficient (Wildman–Crippen LogP) is 2.62. The first-order valence-corrected chi connectivity index (χ1v) is 9.54. The van der Waals surface area contributed by atoms with Crippen LogP contribution in [0.1, 0.15) is 34.3 Å². The summed E-state index contributed by atoms with van der Waals surface area (Å²) in [5.74, 6) is -1.53. The van der Waals surface area contributed by atoms with E-state index in [-0.39, 0.29) is 35.5 Å². The lowest BCUT2D eigenvalue weighted by Crippen LogP contribution is -2.43. The van der Waals surface area contributed by atoms with Crippen molar-refractivity contribution in [2.45, 2.75) is 25.8 Å². The highest BCUT2D eigenvalue weighted by Gasteiger charge is 2.27. The maximum atomic E-state index is 12.9. The van der Waals surface area contributed by atoms with E-state index in [4.69, 9.17) is 5.11 Å². The lowest BCUT2D eigenvalue weighted by molar-refractivity contribution is -0.135. The lowest BCUT2D eigenvalue weighted by Gasteiger charge is -2.31. The zero-order valence-electron chi connectivity index (χ0n) is 15.9. The summed E-state index contributed by atoms with van der Waals surface area (Å²) in [6.45, 7) is 1.38. The summed E-state index contributed by atoms with van der Waals surface area (Å²) in [5.41, 5.74) is 1.79. The molecule has 152 valence electrons. The Balaban J connectivity index is 1.44. The van der Waals surface area contributed by atoms with Crippen molar-refractivity contribution in [3.05, 3.63) is 71.0 Å². The fourth-order valence-corrected chi connectivity index (χ4v) is 3.38. The van der Waals surface area contributed by atoms with E-state index in [1.807, 2.05) is 0 Å². The molecule has 0 unspecified atom stereocenters. The van der Waals surface area contributed by atoms with Gasteiger partial charge in [-0.1, -0.05) is 24.3 Å². The Morgan fingerprint density at radius 3 is 2.14 bits per heavy atom. The average molecular weight is 398 g/mol. The number of hydrogen-bond acceptors (Lipinski definition) is 3. The zero-order valence-corrected chi connectivity index (χ0v) is 15.9. The molecule has 0 aromatic heterocycles. The molecule has 0 spiro atoms. The Hall–Kier alpha value is -3.22. The third-order valence-corrected chi connectivity index (χ3v) is 5.15. The second-order valence-electron chi connectivity index (χ2n) is 7.18. The Labute approximate surface area is 168 Å². The number of halogens is 1. The molecule has 0 saturated carbocycles. The fraction of sp³-hybridized carbons (Fsp3) is 0.318. The molecule has 1 saturated heterocycles. The summed E-state index contributed by atoms with van der Waals surface area (Å²) in [6, 6.07) is 12.3. The number of carboxylic acids is 1. The number of amides is 2. The van der Waals surface area contributed by atoms with Crippen LogP contribution in [0.3, 0.4) is 0 Å². The largest absolute Gasteiger partial charge is 0.478 e. The number of likely N-dealkylation sites (tertiary alicyclic amines) is 1. The van der Waals surface area contributed by atoms with Gasteiger partial charge in [-0.3, -0.25) is 9.59 Å². The van der Waals surface area contributed by atoms with Crippen molar-refractivity contribution in [3.8, 4) is 0 Å². The van der Waals surface area contributed by atoms with Crippen molar-refractivity contribution in [2.75, 3.05) is 13.1 Å². The molecule has 1 fully saturated rings. The molecule has 0 bridgehead atoms. The van der Waals surface area contributed by atoms with Crippen LogP contribution in [-0.4, -0.2) is 40.9 Å². The molecule has 29 heavy (non-hydrogen) atoms. The van der Waals surface area contributed by atoms with Gasteiger partial charge < -0.3 is 15.3 Å². The van der Waals surface area contributed by atoms with Gasteiger partial charge in [0, 0.05) is 25.6 Å². The van der Waals surface area contributed by atoms with Gasteiger partial charge in [-0.15, -0.1) is 0 Å². The standard InChI is InChI=1S/C22H23FN2O4/c23-19-7-3-16(4-8-19)14-24-21(27)17-9-11-25(12-10-17)20(26)13-15-1-5-18(6-2-15)22(28)29/h1-8,17H,9-14H2,(H,24,27)(H,28,29). The maximum Gasteiger partial charge on any atom is 0.335 e. The highest BCUT2D eigenvalue weighted by atomic mass is 19.1. The van der Waals surface area contributed by atoms with Crippen LogP contribution >= 0.6 is 0 Å². The van der Waals surface area contributed by atoms with Crippen LogP contribution < -0.4 is 5.32 Å². The van der Waals surface area contributed by atoms with Gasteiger partial charge in [-0.25, -0.2) is 9.18 Å². The third kappa shape index (κ3) is 5.63. The van der Waals surface area contributed by atoms with Gasteiger partial charge in [0.1, 0.15) is 5.82 Å². The van der Waals surface area contributed by atoms with Crippen molar-refractivity contribution in [3.63, 3.8) is 0 Å². The van der Waals surface area contributed by atoms with Crippen LogP contribution in [0.2, 0.25) is 0 Å². The Morgan fingerprint density at radius 1 is 0.966 bits per heavy atom. The highest BCUT2D eigenvalue weighted by molar-refractivity contribution is 5.88. The Kier molecular flexibility index (Phi) is 6.59. The summed E-state index contributed by atoms with van der Waals surface area (Å²) in [4.78, 5) is 37.5. The van der Waals surface area contributed by atoms with Crippen LogP contribution in [0.15, 0.2) is 48.5 Å². The zero-order chi connectivity index (χ0) is 20.8. The lowest BCUT2D eigenvalue weighted by atomic mass is 9.95. The van der Waals surface area contributed by atoms with Crippen LogP contribution in [0.5, 0.6) is 0 Å². The summed E-state index contributed by atoms with van der Waals surface area (Å²) in [5, 5.41) is 11.8. The molecule has 7 heteroatoms. The minimum Gasteiger partial charge on any atom is -0.478 e. The van der Waals surface area contributed by atoms with Crippen molar-refractivity contribution in [1.82, 2.24) is 10.2 Å². The molecule has 1 heterocycles. The topological polar surface area (TPSA) is 86.7 Å². The molecule has 2 N–H and O–H groups in total. The summed E-state index contributed by atoms with van der Waals surface area (Å²) in [7, 11) is 0. The number of benzene rings is 2. The van der Waals surface area contributed by atoms with Gasteiger partial charge in [0.25, 0.3) is 0 Å². The van der Waals surface area contributed by atoms with Gasteiger partial charge in [-0.2, -0.15) is 0 Å². The molecular weight excluding hydrogens is 375 g/mol. The molecule has 3 rings (SSSR count). The van der Waals surface area contributed by atoms with Gasteiger partial charge in [0.05, 0.1) is 12.0 Å². The van der Waals surface area contributed by atoms with Crippen molar-refractivity contribution >= 4 is 17.8 Å². The second kappa shape index (κ2) is 9.32. The van der Waals surface area contributed by atoms with Crippen molar-refractivity contribution < 1.29 is 23.9 Å². The number of carboxylic acid groups (broad SMARTS) is 1. The fourth-order valence-electron chi connectivity index (χ4n) is 3.38. The van der Waals surface area contributed by atoms with Crippen molar-refractivity contribution in [2.24, 2.45) is 5.92 Å². The number of nitrogens with one attached hydrogen (secondary N) is 1. The molecule has 2 aromatic carbocycles. The first kappa shape index (κ1) is 20.5. The first-order valence-electron chi connectivity index (χ1n) is 9.54. The normalized spacial score (nSPS) is 14.4. The molecule has 0 aliphatic carbocycles. The summed E-state index contributed by atoms with van der Waals surface area (Å²) >= 11 is 0.